The lowest BCUT2D eigenvalue weighted by molar-refractivity contribution is -0.124. The van der Waals surface area contributed by atoms with Crippen LogP contribution in [0.5, 0.6) is 5.75 Å². The van der Waals surface area contributed by atoms with E-state index < -0.39 is 6.04 Å². The summed E-state index contributed by atoms with van der Waals surface area (Å²) < 4.78 is 18.6. The van der Waals surface area contributed by atoms with Crippen molar-refractivity contribution in [3.05, 3.63) is 54.3 Å². The summed E-state index contributed by atoms with van der Waals surface area (Å²) in [7, 11) is 1.57. The first-order valence-electron chi connectivity index (χ1n) is 12.7. The van der Waals surface area contributed by atoms with Gasteiger partial charge in [-0.25, -0.2) is 4.39 Å². The highest BCUT2D eigenvalue weighted by molar-refractivity contribution is 7.80. The molecule has 2 amide bonds. The van der Waals surface area contributed by atoms with Crippen molar-refractivity contribution in [3.8, 4) is 5.75 Å². The van der Waals surface area contributed by atoms with Crippen molar-refractivity contribution >= 4 is 40.5 Å². The number of ether oxygens (including phenoxy) is 1. The maximum absolute atomic E-state index is 13.6. The summed E-state index contributed by atoms with van der Waals surface area (Å²) in [5.41, 5.74) is 1.08. The molecule has 0 radical (unpaired) electrons. The third-order valence-corrected chi connectivity index (χ3v) is 7.34. The van der Waals surface area contributed by atoms with Crippen molar-refractivity contribution < 1.29 is 18.7 Å². The Bertz CT molecular complexity index is 1110. The van der Waals surface area contributed by atoms with E-state index in [0.717, 1.165) is 45.7 Å². The molecule has 0 bridgehead atoms. The maximum Gasteiger partial charge on any atom is 0.256 e. The fourth-order valence-corrected chi connectivity index (χ4v) is 5.20. The smallest absolute Gasteiger partial charge is 0.256 e. The Labute approximate surface area is 223 Å². The predicted octanol–water partition coefficient (Wildman–Crippen LogP) is 3.19. The number of methoxy groups -OCH3 is 1. The number of carbonyl (C=O) groups excluding carboxylic acids is 2. The molecule has 198 valence electrons. The van der Waals surface area contributed by atoms with Crippen LogP contribution in [0.3, 0.4) is 0 Å². The van der Waals surface area contributed by atoms with Gasteiger partial charge in [-0.3, -0.25) is 14.5 Å². The number of nitrogens with one attached hydrogen (secondary N) is 1. The molecular formula is C27H34FN5O3S. The molecule has 8 nitrogen and oxygen atoms in total. The van der Waals surface area contributed by atoms with E-state index in [9.17, 15) is 14.0 Å². The van der Waals surface area contributed by atoms with E-state index in [1.165, 1.54) is 29.2 Å². The summed E-state index contributed by atoms with van der Waals surface area (Å²) in [6.07, 6.45) is 0.758. The van der Waals surface area contributed by atoms with Crippen LogP contribution in [0.4, 0.5) is 15.8 Å². The molecular weight excluding hydrogens is 493 g/mol. The molecule has 0 aliphatic carbocycles. The molecule has 2 aromatic carbocycles. The van der Waals surface area contributed by atoms with Gasteiger partial charge in [-0.05, 0) is 68.1 Å². The first kappa shape index (κ1) is 27.0. The lowest BCUT2D eigenvalue weighted by Crippen LogP contribution is -2.47. The van der Waals surface area contributed by atoms with Crippen LogP contribution in [0, 0.1) is 5.82 Å². The van der Waals surface area contributed by atoms with Crippen LogP contribution in [0.25, 0.3) is 0 Å². The predicted molar refractivity (Wildman–Crippen MR) is 146 cm³/mol. The second kappa shape index (κ2) is 12.4. The van der Waals surface area contributed by atoms with Crippen LogP contribution in [0.2, 0.25) is 0 Å². The molecule has 1 atom stereocenters. The zero-order valence-corrected chi connectivity index (χ0v) is 22.2. The third kappa shape index (κ3) is 6.63. The Morgan fingerprint density at radius 2 is 1.78 bits per heavy atom. The Morgan fingerprint density at radius 3 is 2.46 bits per heavy atom. The quantitative estimate of drug-likeness (QED) is 0.476. The van der Waals surface area contributed by atoms with Crippen molar-refractivity contribution in [2.24, 2.45) is 0 Å². The molecule has 10 heteroatoms. The van der Waals surface area contributed by atoms with E-state index in [4.69, 9.17) is 17.0 Å². The van der Waals surface area contributed by atoms with Gasteiger partial charge < -0.3 is 24.8 Å². The van der Waals surface area contributed by atoms with Crippen molar-refractivity contribution in [2.75, 3.05) is 63.1 Å². The molecule has 2 heterocycles. The number of thiocarbonyl (C=S) groups is 1. The number of carbonyl (C=O) groups is 2. The molecule has 2 fully saturated rings. The second-order valence-corrected chi connectivity index (χ2v) is 9.62. The maximum atomic E-state index is 13.6. The molecule has 0 spiro atoms. The zero-order valence-electron chi connectivity index (χ0n) is 21.4. The normalized spacial score (nSPS) is 18.9. The minimum absolute atomic E-state index is 0.0635. The Hall–Kier alpha value is -3.08. The number of anilines is 2. The van der Waals surface area contributed by atoms with E-state index >= 15 is 0 Å². The minimum Gasteiger partial charge on any atom is -0.497 e. The summed E-state index contributed by atoms with van der Waals surface area (Å²) in [6, 6.07) is 12.0. The van der Waals surface area contributed by atoms with E-state index in [-0.39, 0.29) is 24.1 Å². The SMILES string of the molecule is CCN1CCN(CCCN2C(=S)N(c3cccc(OC)c3)C(=O)[C@@H]2CC(=O)Nc2ccc(F)cc2)CC1. The summed E-state index contributed by atoms with van der Waals surface area (Å²) in [4.78, 5) is 34.7. The fraction of sp³-hybridized carbons (Fsp3) is 0.444. The number of piperazine rings is 1. The fourth-order valence-electron chi connectivity index (χ4n) is 4.79. The highest BCUT2D eigenvalue weighted by Crippen LogP contribution is 2.30. The molecule has 0 aromatic heterocycles. The molecule has 0 saturated carbocycles. The first-order chi connectivity index (χ1) is 17.9. The third-order valence-electron chi connectivity index (χ3n) is 6.92. The van der Waals surface area contributed by atoms with Crippen molar-refractivity contribution in [1.29, 1.82) is 0 Å². The number of likely N-dealkylation sites (N-methyl/N-ethyl adjacent to an activating group) is 1. The lowest BCUT2D eigenvalue weighted by atomic mass is 10.1. The minimum atomic E-state index is -0.726. The Kier molecular flexibility index (Phi) is 9.07. The van der Waals surface area contributed by atoms with E-state index in [1.807, 2.05) is 4.90 Å². The number of benzene rings is 2. The van der Waals surface area contributed by atoms with Gasteiger partial charge in [0.05, 0.1) is 19.2 Å². The van der Waals surface area contributed by atoms with Gasteiger partial charge in [0.25, 0.3) is 5.91 Å². The van der Waals surface area contributed by atoms with Crippen LogP contribution in [0.1, 0.15) is 19.8 Å². The largest absolute Gasteiger partial charge is 0.497 e. The number of hydrogen-bond donors (Lipinski definition) is 1. The molecule has 2 aromatic rings. The van der Waals surface area contributed by atoms with Crippen molar-refractivity contribution in [2.45, 2.75) is 25.8 Å². The number of hydrogen-bond acceptors (Lipinski definition) is 6. The summed E-state index contributed by atoms with van der Waals surface area (Å²) >= 11 is 5.77. The molecule has 4 rings (SSSR count). The van der Waals surface area contributed by atoms with Gasteiger partial charge in [0.1, 0.15) is 17.6 Å². The summed E-state index contributed by atoms with van der Waals surface area (Å²) in [5.74, 6) is -0.348. The van der Waals surface area contributed by atoms with Crippen LogP contribution >= 0.6 is 12.2 Å². The second-order valence-electron chi connectivity index (χ2n) is 9.26. The average Bonchev–Trinajstić information content (AvgIpc) is 3.14. The van der Waals surface area contributed by atoms with Crippen LogP contribution < -0.4 is 15.0 Å². The lowest BCUT2D eigenvalue weighted by Gasteiger charge is -2.34. The van der Waals surface area contributed by atoms with Gasteiger partial charge in [0.2, 0.25) is 5.91 Å². The molecule has 2 aliphatic rings. The highest BCUT2D eigenvalue weighted by Gasteiger charge is 2.44. The zero-order chi connectivity index (χ0) is 26.4. The van der Waals surface area contributed by atoms with Gasteiger partial charge in [0, 0.05) is 44.5 Å². The van der Waals surface area contributed by atoms with Crippen LogP contribution in [-0.4, -0.2) is 90.6 Å². The molecule has 2 saturated heterocycles. The topological polar surface area (TPSA) is 68.4 Å². The standard InChI is InChI=1S/C27H34FN5O3S/c1-3-30-14-16-31(17-15-30)12-5-13-32-24(19-25(34)29-21-10-8-20(28)9-11-21)26(35)33(27(32)37)22-6-4-7-23(18-22)36-2/h4,6-11,18,24H,3,5,12-17,19H2,1-2H3,(H,29,34)/t24-/m0/s1. The van der Waals surface area contributed by atoms with Gasteiger partial charge in [-0.15, -0.1) is 0 Å². The average molecular weight is 528 g/mol. The molecule has 0 unspecified atom stereocenters. The first-order valence-corrected chi connectivity index (χ1v) is 13.1. The van der Waals surface area contributed by atoms with Crippen LogP contribution in [-0.2, 0) is 9.59 Å². The summed E-state index contributed by atoms with van der Waals surface area (Å²) in [5, 5.41) is 3.15. The highest BCUT2D eigenvalue weighted by atomic mass is 32.1. The van der Waals surface area contributed by atoms with Gasteiger partial charge in [-0.2, -0.15) is 0 Å². The van der Waals surface area contributed by atoms with Crippen molar-refractivity contribution in [3.63, 3.8) is 0 Å². The van der Waals surface area contributed by atoms with E-state index in [0.29, 0.717) is 28.8 Å². The Balaban J connectivity index is 1.46. The molecule has 2 aliphatic heterocycles. The van der Waals surface area contributed by atoms with E-state index in [2.05, 4.69) is 22.0 Å². The Morgan fingerprint density at radius 1 is 1.08 bits per heavy atom. The van der Waals surface area contributed by atoms with Crippen LogP contribution in [0.15, 0.2) is 48.5 Å². The monoisotopic (exact) mass is 527 g/mol. The molecule has 1 N–H and O–H groups in total. The van der Waals surface area contributed by atoms with Crippen molar-refractivity contribution in [1.82, 2.24) is 14.7 Å². The van der Waals surface area contributed by atoms with Gasteiger partial charge in [0.15, 0.2) is 5.11 Å². The van der Waals surface area contributed by atoms with Gasteiger partial charge >= 0.3 is 0 Å². The number of amides is 2. The van der Waals surface area contributed by atoms with Gasteiger partial charge in [-0.1, -0.05) is 13.0 Å². The number of nitrogens with zero attached hydrogens (tertiary/aromatic N) is 4. The molecule has 37 heavy (non-hydrogen) atoms. The number of halogens is 1. The summed E-state index contributed by atoms with van der Waals surface area (Å²) in [6.45, 7) is 8.89. The van der Waals surface area contributed by atoms with E-state index in [1.54, 1.807) is 31.4 Å². The number of rotatable bonds is 10.